The van der Waals surface area contributed by atoms with Gasteiger partial charge in [0.1, 0.15) is 0 Å². The molecule has 1 unspecified atom stereocenters. The summed E-state index contributed by atoms with van der Waals surface area (Å²) < 4.78 is 1.97. The van der Waals surface area contributed by atoms with E-state index >= 15 is 0 Å². The van der Waals surface area contributed by atoms with Gasteiger partial charge in [0.2, 0.25) is 0 Å². The first-order chi connectivity index (χ1) is 9.34. The second-order valence-corrected chi connectivity index (χ2v) is 4.28. The lowest BCUT2D eigenvalue weighted by Crippen LogP contribution is -2.20. The molecule has 6 nitrogen and oxygen atoms in total. The molecule has 96 valence electrons. The summed E-state index contributed by atoms with van der Waals surface area (Å²) in [5.41, 5.74) is 1.77. The van der Waals surface area contributed by atoms with E-state index in [2.05, 4.69) is 25.5 Å². The molecular weight excluding hydrogens is 240 g/mol. The van der Waals surface area contributed by atoms with Crippen LogP contribution in [0.3, 0.4) is 0 Å². The molecule has 0 saturated heterocycles. The number of hydrogen-bond acceptors (Lipinski definition) is 5. The van der Waals surface area contributed by atoms with Crippen LogP contribution in [0.25, 0.3) is 5.65 Å². The molecule has 1 atom stereocenters. The van der Waals surface area contributed by atoms with Gasteiger partial charge in [0.05, 0.1) is 12.2 Å². The first kappa shape index (κ1) is 11.7. The van der Waals surface area contributed by atoms with Crippen molar-refractivity contribution < 1.29 is 0 Å². The summed E-state index contributed by atoms with van der Waals surface area (Å²) >= 11 is 0. The SMILES string of the molecule is CC(NCc1nnc2ccccn12)c1cnccn1. The minimum absolute atomic E-state index is 0.116. The monoisotopic (exact) mass is 254 g/mol. The number of nitrogens with zero attached hydrogens (tertiary/aromatic N) is 5. The Balaban J connectivity index is 1.73. The Morgan fingerprint density at radius 1 is 1.26 bits per heavy atom. The third-order valence-corrected chi connectivity index (χ3v) is 2.98. The van der Waals surface area contributed by atoms with Gasteiger partial charge in [-0.25, -0.2) is 0 Å². The highest BCUT2D eigenvalue weighted by Crippen LogP contribution is 2.08. The lowest BCUT2D eigenvalue weighted by atomic mass is 10.2. The summed E-state index contributed by atoms with van der Waals surface area (Å²) in [6, 6.07) is 5.96. The highest BCUT2D eigenvalue weighted by atomic mass is 15.3. The van der Waals surface area contributed by atoms with E-state index in [0.29, 0.717) is 6.54 Å². The van der Waals surface area contributed by atoms with Gasteiger partial charge in [0, 0.05) is 30.8 Å². The van der Waals surface area contributed by atoms with Gasteiger partial charge in [-0.3, -0.25) is 14.4 Å². The van der Waals surface area contributed by atoms with Crippen LogP contribution in [-0.4, -0.2) is 24.6 Å². The number of pyridine rings is 1. The average Bonchev–Trinajstić information content (AvgIpc) is 2.89. The molecule has 6 heteroatoms. The van der Waals surface area contributed by atoms with Gasteiger partial charge in [-0.2, -0.15) is 0 Å². The molecule has 0 aromatic carbocycles. The molecule has 0 aliphatic heterocycles. The van der Waals surface area contributed by atoms with Gasteiger partial charge in [0.25, 0.3) is 0 Å². The van der Waals surface area contributed by atoms with Gasteiger partial charge in [-0.1, -0.05) is 6.07 Å². The fraction of sp³-hybridized carbons (Fsp3) is 0.231. The fourth-order valence-electron chi connectivity index (χ4n) is 1.89. The molecule has 3 aromatic heterocycles. The van der Waals surface area contributed by atoms with Gasteiger partial charge in [0.15, 0.2) is 11.5 Å². The van der Waals surface area contributed by atoms with Crippen molar-refractivity contribution in [3.8, 4) is 0 Å². The lowest BCUT2D eigenvalue weighted by molar-refractivity contribution is 0.543. The van der Waals surface area contributed by atoms with Crippen LogP contribution in [0.5, 0.6) is 0 Å². The number of nitrogens with one attached hydrogen (secondary N) is 1. The largest absolute Gasteiger partial charge is 0.302 e. The van der Waals surface area contributed by atoms with Crippen LogP contribution in [0.15, 0.2) is 43.0 Å². The van der Waals surface area contributed by atoms with E-state index in [1.807, 2.05) is 35.7 Å². The average molecular weight is 254 g/mol. The van der Waals surface area contributed by atoms with Crippen molar-refractivity contribution in [2.75, 3.05) is 0 Å². The minimum atomic E-state index is 0.116. The molecule has 0 aliphatic rings. The molecule has 19 heavy (non-hydrogen) atoms. The Labute approximate surface area is 110 Å². The van der Waals surface area contributed by atoms with Crippen LogP contribution in [0.1, 0.15) is 24.5 Å². The summed E-state index contributed by atoms with van der Waals surface area (Å²) in [6.07, 6.45) is 7.08. The molecule has 0 aliphatic carbocycles. The van der Waals surface area contributed by atoms with Crippen LogP contribution >= 0.6 is 0 Å². The van der Waals surface area contributed by atoms with E-state index in [9.17, 15) is 0 Å². The minimum Gasteiger partial charge on any atom is -0.302 e. The van der Waals surface area contributed by atoms with E-state index < -0.39 is 0 Å². The van der Waals surface area contributed by atoms with Gasteiger partial charge in [-0.15, -0.1) is 10.2 Å². The Kier molecular flexibility index (Phi) is 3.16. The third-order valence-electron chi connectivity index (χ3n) is 2.98. The van der Waals surface area contributed by atoms with Crippen LogP contribution in [0.2, 0.25) is 0 Å². The molecular formula is C13H14N6. The van der Waals surface area contributed by atoms with Crippen molar-refractivity contribution in [1.29, 1.82) is 0 Å². The van der Waals surface area contributed by atoms with E-state index in [0.717, 1.165) is 17.2 Å². The topological polar surface area (TPSA) is 68.0 Å². The predicted octanol–water partition coefficient (Wildman–Crippen LogP) is 1.37. The predicted molar refractivity (Wildman–Crippen MR) is 70.3 cm³/mol. The second kappa shape index (κ2) is 5.11. The van der Waals surface area contributed by atoms with Crippen LogP contribution in [0.4, 0.5) is 0 Å². The number of hydrogen-bond donors (Lipinski definition) is 1. The zero-order valence-corrected chi connectivity index (χ0v) is 10.6. The first-order valence-corrected chi connectivity index (χ1v) is 6.12. The van der Waals surface area contributed by atoms with Gasteiger partial charge < -0.3 is 5.32 Å². The third kappa shape index (κ3) is 2.43. The number of rotatable bonds is 4. The molecule has 0 fully saturated rings. The van der Waals surface area contributed by atoms with Crippen molar-refractivity contribution in [1.82, 2.24) is 29.9 Å². The van der Waals surface area contributed by atoms with Crippen molar-refractivity contribution in [2.24, 2.45) is 0 Å². The number of aromatic nitrogens is 5. The van der Waals surface area contributed by atoms with Crippen LogP contribution < -0.4 is 5.32 Å². The molecule has 1 N–H and O–H groups in total. The Bertz CT molecular complexity index is 663. The fourth-order valence-corrected chi connectivity index (χ4v) is 1.89. The van der Waals surface area contributed by atoms with Gasteiger partial charge in [-0.05, 0) is 19.1 Å². The highest BCUT2D eigenvalue weighted by molar-refractivity contribution is 5.36. The van der Waals surface area contributed by atoms with Crippen LogP contribution in [-0.2, 0) is 6.54 Å². The zero-order valence-electron chi connectivity index (χ0n) is 10.6. The normalized spacial score (nSPS) is 12.7. The molecule has 3 rings (SSSR count). The summed E-state index contributed by atoms with van der Waals surface area (Å²) in [5, 5.41) is 11.7. The van der Waals surface area contributed by atoms with E-state index in [1.165, 1.54) is 0 Å². The Morgan fingerprint density at radius 2 is 2.21 bits per heavy atom. The quantitative estimate of drug-likeness (QED) is 0.761. The van der Waals surface area contributed by atoms with Crippen molar-refractivity contribution in [2.45, 2.75) is 19.5 Å². The Morgan fingerprint density at radius 3 is 3.05 bits per heavy atom. The van der Waals surface area contributed by atoms with E-state index in [4.69, 9.17) is 0 Å². The highest BCUT2D eigenvalue weighted by Gasteiger charge is 2.09. The summed E-state index contributed by atoms with van der Waals surface area (Å²) in [6.45, 7) is 2.68. The molecule has 3 heterocycles. The van der Waals surface area contributed by atoms with Crippen molar-refractivity contribution in [3.63, 3.8) is 0 Å². The van der Waals surface area contributed by atoms with Crippen molar-refractivity contribution >= 4 is 5.65 Å². The molecule has 0 spiro atoms. The van der Waals surface area contributed by atoms with Crippen molar-refractivity contribution in [3.05, 3.63) is 54.5 Å². The molecule has 3 aromatic rings. The summed E-state index contributed by atoms with van der Waals surface area (Å²) in [7, 11) is 0. The van der Waals surface area contributed by atoms with Gasteiger partial charge >= 0.3 is 0 Å². The molecule has 0 radical (unpaired) electrons. The molecule has 0 saturated carbocycles. The second-order valence-electron chi connectivity index (χ2n) is 4.28. The standard InChI is InChI=1S/C13H14N6/c1-10(11-8-14-5-6-15-11)16-9-13-18-17-12-4-2-3-7-19(12)13/h2-8,10,16H,9H2,1H3. The Hall–Kier alpha value is -2.34. The maximum absolute atomic E-state index is 4.27. The van der Waals surface area contributed by atoms with E-state index in [-0.39, 0.29) is 6.04 Å². The van der Waals surface area contributed by atoms with Crippen LogP contribution in [0, 0.1) is 0 Å². The maximum Gasteiger partial charge on any atom is 0.160 e. The number of fused-ring (bicyclic) bond motifs is 1. The first-order valence-electron chi connectivity index (χ1n) is 6.12. The lowest BCUT2D eigenvalue weighted by Gasteiger charge is -2.11. The molecule has 0 bridgehead atoms. The summed E-state index contributed by atoms with van der Waals surface area (Å²) in [4.78, 5) is 8.34. The molecule has 0 amide bonds. The smallest absolute Gasteiger partial charge is 0.160 e. The van der Waals surface area contributed by atoms with E-state index in [1.54, 1.807) is 18.6 Å². The maximum atomic E-state index is 4.27. The summed E-state index contributed by atoms with van der Waals surface area (Å²) in [5.74, 6) is 0.881. The zero-order chi connectivity index (χ0) is 13.1.